The van der Waals surface area contributed by atoms with Gasteiger partial charge in [-0.25, -0.2) is 4.79 Å². The number of aliphatic carboxylic acids is 2. The smallest absolute Gasteiger partial charge is 0.550 e. The summed E-state index contributed by atoms with van der Waals surface area (Å²) in [7, 11) is 0. The Morgan fingerprint density at radius 3 is 2.21 bits per heavy atom. The van der Waals surface area contributed by atoms with Crippen LogP contribution < -0.4 is 61.8 Å². The van der Waals surface area contributed by atoms with Crippen molar-refractivity contribution in [1.82, 2.24) is 5.32 Å². The Morgan fingerprint density at radius 1 is 1.16 bits per heavy atom. The molecule has 1 atom stereocenters. The first-order chi connectivity index (χ1) is 8.47. The standard InChI is InChI=1S/C12H21NO5.K/c1-2-3-4-5-6-7-10(14)13-9(12(17)18)8-11(15)16;/h9H,2-8H2,1H3,(H,13,14)(H,15,16)(H,17,18);/q;+1/p-1/t9-;/m0./s1. The zero-order valence-corrected chi connectivity index (χ0v) is 14.7. The SMILES string of the molecule is CCCCCCCC(=O)N[C@@H](CC(=O)[O-])C(=O)O.[K+]. The minimum absolute atomic E-state index is 0. The van der Waals surface area contributed by atoms with Gasteiger partial charge in [0.1, 0.15) is 6.04 Å². The first kappa shape index (κ1) is 21.3. The number of carbonyl (C=O) groups is 3. The fourth-order valence-corrected chi connectivity index (χ4v) is 1.52. The molecule has 2 N–H and O–H groups in total. The fraction of sp³-hybridized carbons (Fsp3) is 0.750. The van der Waals surface area contributed by atoms with Crippen LogP contribution in [0.5, 0.6) is 0 Å². The van der Waals surface area contributed by atoms with E-state index in [1.54, 1.807) is 0 Å². The molecule has 0 fully saturated rings. The van der Waals surface area contributed by atoms with Gasteiger partial charge < -0.3 is 20.3 Å². The summed E-state index contributed by atoms with van der Waals surface area (Å²) in [5.41, 5.74) is 0. The van der Waals surface area contributed by atoms with E-state index in [4.69, 9.17) is 5.11 Å². The second-order valence-corrected chi connectivity index (χ2v) is 4.20. The third-order valence-corrected chi connectivity index (χ3v) is 2.51. The van der Waals surface area contributed by atoms with E-state index in [1.165, 1.54) is 0 Å². The Balaban J connectivity index is 0. The normalized spacial score (nSPS) is 11.2. The van der Waals surface area contributed by atoms with E-state index in [2.05, 4.69) is 12.2 Å². The largest absolute Gasteiger partial charge is 1.00 e. The maximum absolute atomic E-state index is 11.4. The van der Waals surface area contributed by atoms with Crippen molar-refractivity contribution in [2.24, 2.45) is 0 Å². The number of hydrogen-bond acceptors (Lipinski definition) is 4. The van der Waals surface area contributed by atoms with Crippen molar-refractivity contribution in [3.63, 3.8) is 0 Å². The molecule has 0 radical (unpaired) electrons. The number of carboxylic acids is 2. The van der Waals surface area contributed by atoms with Crippen molar-refractivity contribution >= 4 is 17.8 Å². The molecule has 6 nitrogen and oxygen atoms in total. The summed E-state index contributed by atoms with van der Waals surface area (Å²) >= 11 is 0. The number of hydrogen-bond donors (Lipinski definition) is 2. The first-order valence-corrected chi connectivity index (χ1v) is 6.19. The van der Waals surface area contributed by atoms with Crippen LogP contribution in [-0.2, 0) is 14.4 Å². The molecule has 1 amide bonds. The van der Waals surface area contributed by atoms with Gasteiger partial charge in [-0.15, -0.1) is 0 Å². The third-order valence-electron chi connectivity index (χ3n) is 2.51. The van der Waals surface area contributed by atoms with E-state index in [0.717, 1.165) is 25.7 Å². The summed E-state index contributed by atoms with van der Waals surface area (Å²) in [6.07, 6.45) is 4.38. The molecular formula is C12H20KNO5. The van der Waals surface area contributed by atoms with Gasteiger partial charge in [0.05, 0.1) is 0 Å². The third kappa shape index (κ3) is 12.8. The van der Waals surface area contributed by atoms with Crippen LogP contribution in [0.25, 0.3) is 0 Å². The van der Waals surface area contributed by atoms with Crippen LogP contribution in [0.15, 0.2) is 0 Å². The number of unbranched alkanes of at least 4 members (excludes halogenated alkanes) is 4. The molecule has 0 saturated heterocycles. The summed E-state index contributed by atoms with van der Waals surface area (Å²) in [6.45, 7) is 2.09. The Hall–Kier alpha value is 0.0464. The number of amides is 1. The predicted molar refractivity (Wildman–Crippen MR) is 62.6 cm³/mol. The van der Waals surface area contributed by atoms with Gasteiger partial charge >= 0.3 is 57.4 Å². The van der Waals surface area contributed by atoms with Crippen LogP contribution in [0.3, 0.4) is 0 Å². The van der Waals surface area contributed by atoms with Crippen LogP contribution in [-0.4, -0.2) is 29.0 Å². The molecule has 0 spiro atoms. The van der Waals surface area contributed by atoms with Crippen LogP contribution in [0.4, 0.5) is 0 Å². The average molecular weight is 297 g/mol. The first-order valence-electron chi connectivity index (χ1n) is 6.19. The van der Waals surface area contributed by atoms with Gasteiger partial charge in [-0.2, -0.15) is 0 Å². The monoisotopic (exact) mass is 297 g/mol. The molecule has 104 valence electrons. The molecule has 0 heterocycles. The average Bonchev–Trinajstić information content (AvgIpc) is 2.27. The molecule has 0 aliphatic rings. The molecular weight excluding hydrogens is 277 g/mol. The summed E-state index contributed by atoms with van der Waals surface area (Å²) in [4.78, 5) is 32.4. The zero-order valence-electron chi connectivity index (χ0n) is 11.6. The summed E-state index contributed by atoms with van der Waals surface area (Å²) in [6, 6.07) is -1.40. The molecule has 0 aromatic carbocycles. The summed E-state index contributed by atoms with van der Waals surface area (Å²) in [5, 5.41) is 21.2. The number of carboxylic acid groups (broad SMARTS) is 2. The van der Waals surface area contributed by atoms with Crippen molar-refractivity contribution in [3.05, 3.63) is 0 Å². The van der Waals surface area contributed by atoms with Gasteiger partial charge in [0, 0.05) is 18.8 Å². The minimum atomic E-state index is -1.49. The molecule has 0 aromatic rings. The van der Waals surface area contributed by atoms with Crippen LogP contribution in [0.2, 0.25) is 0 Å². The second-order valence-electron chi connectivity index (χ2n) is 4.20. The number of rotatable bonds is 10. The van der Waals surface area contributed by atoms with E-state index >= 15 is 0 Å². The maximum atomic E-state index is 11.4. The van der Waals surface area contributed by atoms with E-state index in [0.29, 0.717) is 6.42 Å². The topological polar surface area (TPSA) is 107 Å². The van der Waals surface area contributed by atoms with Gasteiger partial charge in [-0.3, -0.25) is 4.79 Å². The summed E-state index contributed by atoms with van der Waals surface area (Å²) < 4.78 is 0. The maximum Gasteiger partial charge on any atom is 1.00 e. The molecule has 0 saturated carbocycles. The van der Waals surface area contributed by atoms with E-state index in [9.17, 15) is 19.5 Å². The Labute approximate surface area is 155 Å². The van der Waals surface area contributed by atoms with Crippen LogP contribution in [0, 0.1) is 0 Å². The molecule has 0 unspecified atom stereocenters. The quantitative estimate of drug-likeness (QED) is 0.331. The molecule has 19 heavy (non-hydrogen) atoms. The van der Waals surface area contributed by atoms with E-state index in [-0.39, 0.29) is 57.8 Å². The van der Waals surface area contributed by atoms with Crippen molar-refractivity contribution in [2.45, 2.75) is 57.9 Å². The molecule has 0 aromatic heterocycles. The van der Waals surface area contributed by atoms with Crippen molar-refractivity contribution in [2.75, 3.05) is 0 Å². The van der Waals surface area contributed by atoms with Crippen molar-refractivity contribution in [3.8, 4) is 0 Å². The van der Waals surface area contributed by atoms with Gasteiger partial charge in [0.15, 0.2) is 0 Å². The fourth-order valence-electron chi connectivity index (χ4n) is 1.52. The number of nitrogens with one attached hydrogen (secondary N) is 1. The molecule has 7 heteroatoms. The molecule has 0 rings (SSSR count). The predicted octanol–water partition coefficient (Wildman–Crippen LogP) is -2.94. The van der Waals surface area contributed by atoms with Crippen molar-refractivity contribution < 1.29 is 76.0 Å². The number of carbonyl (C=O) groups excluding carboxylic acids is 2. The zero-order chi connectivity index (χ0) is 14.0. The minimum Gasteiger partial charge on any atom is -0.550 e. The molecule has 0 aliphatic carbocycles. The van der Waals surface area contributed by atoms with Gasteiger partial charge in [0.2, 0.25) is 5.91 Å². The van der Waals surface area contributed by atoms with E-state index < -0.39 is 30.3 Å². The Morgan fingerprint density at radius 2 is 1.74 bits per heavy atom. The van der Waals surface area contributed by atoms with Gasteiger partial charge in [0.25, 0.3) is 0 Å². The van der Waals surface area contributed by atoms with Crippen molar-refractivity contribution in [1.29, 1.82) is 0 Å². The Bertz CT molecular complexity index is 296. The van der Waals surface area contributed by atoms with Crippen LogP contribution in [0.1, 0.15) is 51.9 Å². The Kier molecular flexibility index (Phi) is 14.7. The van der Waals surface area contributed by atoms with Gasteiger partial charge in [-0.1, -0.05) is 32.6 Å². The second kappa shape index (κ2) is 13.0. The van der Waals surface area contributed by atoms with Gasteiger partial charge in [-0.05, 0) is 6.42 Å². The van der Waals surface area contributed by atoms with Crippen LogP contribution >= 0.6 is 0 Å². The van der Waals surface area contributed by atoms with E-state index in [1.807, 2.05) is 0 Å². The molecule has 0 aliphatic heterocycles. The molecule has 0 bridgehead atoms. The summed E-state index contributed by atoms with van der Waals surface area (Å²) in [5.74, 6) is -3.29.